The van der Waals surface area contributed by atoms with Crippen LogP contribution < -0.4 is 9.47 Å². The fraction of sp³-hybridized carbons (Fsp3) is 0.625. The van der Waals surface area contributed by atoms with Crippen molar-refractivity contribution in [1.29, 1.82) is 0 Å². The number of halogens is 2. The highest BCUT2D eigenvalue weighted by Crippen LogP contribution is 2.47. The van der Waals surface area contributed by atoms with E-state index in [4.69, 9.17) is 14.2 Å². The smallest absolute Gasteiger partial charge is 0.163 e. The summed E-state index contributed by atoms with van der Waals surface area (Å²) < 4.78 is 30.7. The minimum atomic E-state index is -0.298. The normalized spacial score (nSPS) is 30.2. The molecule has 1 saturated heterocycles. The zero-order valence-corrected chi connectivity index (χ0v) is 14.6. The molecule has 0 aliphatic carbocycles. The molecule has 1 aliphatic rings. The van der Waals surface area contributed by atoms with E-state index in [2.05, 4.69) is 29.8 Å². The molecule has 1 fully saturated rings. The Kier molecular flexibility index (Phi) is 5.15. The summed E-state index contributed by atoms with van der Waals surface area (Å²) >= 11 is 3.67. The molecule has 21 heavy (non-hydrogen) atoms. The van der Waals surface area contributed by atoms with E-state index >= 15 is 0 Å². The molecule has 1 aliphatic heterocycles. The number of hydrogen-bond donors (Lipinski definition) is 0. The third-order valence-electron chi connectivity index (χ3n) is 4.46. The molecule has 0 aromatic heterocycles. The Bertz CT molecular complexity index is 509. The maximum Gasteiger partial charge on any atom is 0.163 e. The molecule has 5 atom stereocenters. The number of rotatable bonds is 4. The minimum absolute atomic E-state index is 0.0758. The van der Waals surface area contributed by atoms with E-state index in [-0.39, 0.29) is 28.8 Å². The first kappa shape index (κ1) is 16.6. The van der Waals surface area contributed by atoms with Crippen molar-refractivity contribution in [3.63, 3.8) is 0 Å². The number of alkyl halides is 1. The van der Waals surface area contributed by atoms with E-state index in [0.717, 1.165) is 0 Å². The average molecular weight is 361 g/mol. The van der Waals surface area contributed by atoms with Gasteiger partial charge in [0.2, 0.25) is 0 Å². The summed E-state index contributed by atoms with van der Waals surface area (Å²) in [7, 11) is 3.05. The fourth-order valence-electron chi connectivity index (χ4n) is 3.09. The van der Waals surface area contributed by atoms with E-state index in [1.54, 1.807) is 13.2 Å². The second-order valence-corrected chi connectivity index (χ2v) is 6.60. The van der Waals surface area contributed by atoms with Crippen molar-refractivity contribution in [3.05, 3.63) is 23.5 Å². The maximum absolute atomic E-state index is 14.4. The molecule has 1 aromatic rings. The van der Waals surface area contributed by atoms with Crippen molar-refractivity contribution in [3.8, 4) is 11.5 Å². The van der Waals surface area contributed by atoms with E-state index in [1.165, 1.54) is 13.2 Å². The quantitative estimate of drug-likeness (QED) is 0.747. The van der Waals surface area contributed by atoms with Crippen molar-refractivity contribution < 1.29 is 18.6 Å². The molecule has 1 heterocycles. The van der Waals surface area contributed by atoms with Gasteiger partial charge in [-0.05, 0) is 25.8 Å². The molecule has 118 valence electrons. The lowest BCUT2D eigenvalue weighted by atomic mass is 9.84. The van der Waals surface area contributed by atoms with Gasteiger partial charge in [-0.25, -0.2) is 4.39 Å². The van der Waals surface area contributed by atoms with Gasteiger partial charge in [0.15, 0.2) is 11.5 Å². The first-order valence-electron chi connectivity index (χ1n) is 7.11. The van der Waals surface area contributed by atoms with Crippen LogP contribution in [0.2, 0.25) is 0 Å². The summed E-state index contributed by atoms with van der Waals surface area (Å²) in [5.41, 5.74) is 0.578. The van der Waals surface area contributed by atoms with Crippen molar-refractivity contribution in [2.45, 2.75) is 37.8 Å². The van der Waals surface area contributed by atoms with Crippen LogP contribution in [0.25, 0.3) is 0 Å². The van der Waals surface area contributed by atoms with Gasteiger partial charge in [-0.3, -0.25) is 0 Å². The zero-order chi connectivity index (χ0) is 15.7. The fourth-order valence-corrected chi connectivity index (χ4v) is 4.35. The first-order valence-corrected chi connectivity index (χ1v) is 8.03. The van der Waals surface area contributed by atoms with Crippen LogP contribution in [0.4, 0.5) is 4.39 Å². The van der Waals surface area contributed by atoms with Gasteiger partial charge in [-0.2, -0.15) is 0 Å². The number of hydrogen-bond acceptors (Lipinski definition) is 3. The van der Waals surface area contributed by atoms with Gasteiger partial charge in [0.25, 0.3) is 0 Å². The topological polar surface area (TPSA) is 27.7 Å². The second-order valence-electron chi connectivity index (χ2n) is 5.61. The van der Waals surface area contributed by atoms with Crippen LogP contribution in [-0.4, -0.2) is 26.4 Å². The van der Waals surface area contributed by atoms with Crippen LogP contribution in [-0.2, 0) is 4.74 Å². The highest BCUT2D eigenvalue weighted by atomic mass is 79.9. The van der Waals surface area contributed by atoms with E-state index in [1.807, 2.05) is 6.92 Å². The lowest BCUT2D eigenvalue weighted by Gasteiger charge is -2.25. The molecule has 1 aromatic carbocycles. The molecular weight excluding hydrogens is 339 g/mol. The van der Waals surface area contributed by atoms with Crippen LogP contribution in [0.15, 0.2) is 12.1 Å². The first-order chi connectivity index (χ1) is 9.90. The van der Waals surface area contributed by atoms with Crippen molar-refractivity contribution >= 4 is 15.9 Å². The van der Waals surface area contributed by atoms with E-state index in [9.17, 15) is 4.39 Å². The van der Waals surface area contributed by atoms with Crippen molar-refractivity contribution in [1.82, 2.24) is 0 Å². The van der Waals surface area contributed by atoms with E-state index in [0.29, 0.717) is 23.0 Å². The van der Waals surface area contributed by atoms with Gasteiger partial charge < -0.3 is 14.2 Å². The van der Waals surface area contributed by atoms with Crippen molar-refractivity contribution in [2.75, 3.05) is 14.2 Å². The molecule has 5 heteroatoms. The molecule has 0 saturated carbocycles. The predicted octanol–water partition coefficient (Wildman–Crippen LogP) is 4.34. The van der Waals surface area contributed by atoms with Crippen LogP contribution in [0, 0.1) is 17.7 Å². The molecule has 0 amide bonds. The van der Waals surface area contributed by atoms with Crippen LogP contribution in [0.3, 0.4) is 0 Å². The van der Waals surface area contributed by atoms with Crippen molar-refractivity contribution in [2.24, 2.45) is 11.8 Å². The molecule has 0 radical (unpaired) electrons. The largest absolute Gasteiger partial charge is 0.493 e. The molecule has 5 unspecified atom stereocenters. The summed E-state index contributed by atoms with van der Waals surface area (Å²) in [6, 6.07) is 3.08. The Labute approximate surface area is 133 Å². The SMILES string of the molecule is COc1cc(F)c(C(Br)C2C(C)OC(C)C2C)cc1OC. The third-order valence-corrected chi connectivity index (χ3v) is 5.56. The Balaban J connectivity index is 2.37. The van der Waals surface area contributed by atoms with Gasteiger partial charge in [-0.1, -0.05) is 22.9 Å². The molecule has 0 bridgehead atoms. The monoisotopic (exact) mass is 360 g/mol. The lowest BCUT2D eigenvalue weighted by molar-refractivity contribution is 0.0510. The minimum Gasteiger partial charge on any atom is -0.493 e. The van der Waals surface area contributed by atoms with Crippen LogP contribution in [0.5, 0.6) is 11.5 Å². The molecule has 2 rings (SSSR count). The Morgan fingerprint density at radius 1 is 1.10 bits per heavy atom. The molecular formula is C16H22BrFO3. The van der Waals surface area contributed by atoms with E-state index < -0.39 is 0 Å². The van der Waals surface area contributed by atoms with Gasteiger partial charge in [-0.15, -0.1) is 0 Å². The zero-order valence-electron chi connectivity index (χ0n) is 13.0. The van der Waals surface area contributed by atoms with Gasteiger partial charge in [0.05, 0.1) is 26.4 Å². The van der Waals surface area contributed by atoms with Gasteiger partial charge in [0.1, 0.15) is 5.82 Å². The van der Waals surface area contributed by atoms with Gasteiger partial charge in [0, 0.05) is 22.4 Å². The average Bonchev–Trinajstić information content (AvgIpc) is 2.71. The Morgan fingerprint density at radius 2 is 1.67 bits per heavy atom. The molecule has 0 N–H and O–H groups in total. The summed E-state index contributed by atoms with van der Waals surface area (Å²) in [6.07, 6.45) is 0.250. The Morgan fingerprint density at radius 3 is 2.14 bits per heavy atom. The van der Waals surface area contributed by atoms with Crippen LogP contribution in [0.1, 0.15) is 31.2 Å². The summed E-state index contributed by atoms with van der Waals surface area (Å²) in [4.78, 5) is -0.132. The molecule has 3 nitrogen and oxygen atoms in total. The highest BCUT2D eigenvalue weighted by Gasteiger charge is 2.42. The van der Waals surface area contributed by atoms with Crippen LogP contribution >= 0.6 is 15.9 Å². The summed E-state index contributed by atoms with van der Waals surface area (Å²) in [6.45, 7) is 6.25. The molecule has 0 spiro atoms. The summed E-state index contributed by atoms with van der Waals surface area (Å²) in [5.74, 6) is 1.18. The number of methoxy groups -OCH3 is 2. The number of benzene rings is 1. The van der Waals surface area contributed by atoms with Gasteiger partial charge >= 0.3 is 0 Å². The maximum atomic E-state index is 14.4. The Hall–Kier alpha value is -0.810. The second kappa shape index (κ2) is 6.53. The predicted molar refractivity (Wildman–Crippen MR) is 83.8 cm³/mol. The summed E-state index contributed by atoms with van der Waals surface area (Å²) in [5, 5.41) is 0. The lowest BCUT2D eigenvalue weighted by Crippen LogP contribution is -2.22. The number of ether oxygens (including phenoxy) is 3. The third kappa shape index (κ3) is 3.04. The highest BCUT2D eigenvalue weighted by molar-refractivity contribution is 9.09. The standard InChI is InChI=1S/C16H22BrFO3/c1-8-9(2)21-10(3)15(8)16(17)11-6-13(19-4)14(20-5)7-12(11)18/h6-10,15-16H,1-5H3.